The van der Waals surface area contributed by atoms with Crippen LogP contribution in [-0.2, 0) is 4.74 Å². The molecule has 17 heavy (non-hydrogen) atoms. The molecule has 1 aliphatic rings. The number of ether oxygens (including phenoxy) is 1. The molecule has 3 atom stereocenters. The summed E-state index contributed by atoms with van der Waals surface area (Å²) >= 11 is 0. The summed E-state index contributed by atoms with van der Waals surface area (Å²) in [5.41, 5.74) is 7.24. The van der Waals surface area contributed by atoms with Gasteiger partial charge in [-0.15, -0.1) is 0 Å². The van der Waals surface area contributed by atoms with Crippen LogP contribution in [0, 0.1) is 11.3 Å². The van der Waals surface area contributed by atoms with E-state index in [4.69, 9.17) is 15.7 Å². The topological polar surface area (TPSA) is 84.0 Å². The van der Waals surface area contributed by atoms with E-state index in [-0.39, 0.29) is 18.2 Å². The van der Waals surface area contributed by atoms with Gasteiger partial charge in [-0.05, 0) is 19.4 Å². The first-order valence-electron chi connectivity index (χ1n) is 5.74. The summed E-state index contributed by atoms with van der Waals surface area (Å²) in [7, 11) is 0. The minimum atomic E-state index is 0.0613. The molecule has 2 rings (SSSR count). The second-order valence-electron chi connectivity index (χ2n) is 4.10. The molecular weight excluding hydrogens is 216 g/mol. The van der Waals surface area contributed by atoms with Crippen LogP contribution in [0.2, 0.25) is 0 Å². The fourth-order valence-corrected chi connectivity index (χ4v) is 2.01. The van der Waals surface area contributed by atoms with E-state index in [0.29, 0.717) is 12.2 Å². The van der Waals surface area contributed by atoms with Crippen molar-refractivity contribution in [1.29, 1.82) is 5.26 Å². The van der Waals surface area contributed by atoms with Gasteiger partial charge < -0.3 is 15.8 Å². The predicted octanol–water partition coefficient (Wildman–Crippen LogP) is 0.870. The molecule has 5 heteroatoms. The number of nitriles is 1. The van der Waals surface area contributed by atoms with Gasteiger partial charge in [0.05, 0.1) is 29.6 Å². The molecule has 1 aromatic rings. The van der Waals surface area contributed by atoms with Gasteiger partial charge in [0.25, 0.3) is 0 Å². The van der Waals surface area contributed by atoms with Crippen LogP contribution < -0.4 is 11.1 Å². The second kappa shape index (κ2) is 5.13. The second-order valence-corrected chi connectivity index (χ2v) is 4.10. The maximum atomic E-state index is 8.98. The Labute approximate surface area is 101 Å². The standard InChI is InChI=1S/C12H16N4O/c1-2-17-11-5-9(14)12(11)16-10-7-15-4-3-8(10)6-13/h3-4,7,9,11-12,16H,2,5,14H2,1H3. The molecule has 3 unspecified atom stereocenters. The maximum absolute atomic E-state index is 8.98. The van der Waals surface area contributed by atoms with Crippen molar-refractivity contribution in [2.75, 3.05) is 11.9 Å². The van der Waals surface area contributed by atoms with Gasteiger partial charge in [-0.1, -0.05) is 0 Å². The number of nitrogens with two attached hydrogens (primary N) is 1. The van der Waals surface area contributed by atoms with Gasteiger partial charge in [-0.25, -0.2) is 0 Å². The molecule has 90 valence electrons. The SMILES string of the molecule is CCOC1CC(N)C1Nc1cnccc1C#N. The molecule has 0 saturated heterocycles. The zero-order chi connectivity index (χ0) is 12.3. The van der Waals surface area contributed by atoms with Crippen LogP contribution in [0.1, 0.15) is 18.9 Å². The Balaban J connectivity index is 2.07. The third kappa shape index (κ3) is 2.38. The van der Waals surface area contributed by atoms with Crippen molar-refractivity contribution in [2.45, 2.75) is 31.5 Å². The fraction of sp³-hybridized carbons (Fsp3) is 0.500. The van der Waals surface area contributed by atoms with Crippen molar-refractivity contribution >= 4 is 5.69 Å². The molecule has 1 aliphatic carbocycles. The molecule has 0 aliphatic heterocycles. The average molecular weight is 232 g/mol. The van der Waals surface area contributed by atoms with Crippen molar-refractivity contribution < 1.29 is 4.74 Å². The molecule has 3 N–H and O–H groups in total. The highest BCUT2D eigenvalue weighted by molar-refractivity contribution is 5.56. The summed E-state index contributed by atoms with van der Waals surface area (Å²) in [6.07, 6.45) is 4.23. The molecule has 0 aromatic carbocycles. The lowest BCUT2D eigenvalue weighted by Crippen LogP contribution is -2.60. The smallest absolute Gasteiger partial charge is 0.101 e. The summed E-state index contributed by atoms with van der Waals surface area (Å²) in [4.78, 5) is 4.01. The Morgan fingerprint density at radius 1 is 1.71 bits per heavy atom. The monoisotopic (exact) mass is 232 g/mol. The van der Waals surface area contributed by atoms with Gasteiger partial charge in [-0.2, -0.15) is 5.26 Å². The molecule has 1 fully saturated rings. The van der Waals surface area contributed by atoms with Crippen LogP contribution in [0.25, 0.3) is 0 Å². The number of aromatic nitrogens is 1. The first-order valence-corrected chi connectivity index (χ1v) is 5.74. The minimum Gasteiger partial charge on any atom is -0.376 e. The third-order valence-electron chi connectivity index (χ3n) is 3.01. The highest BCUT2D eigenvalue weighted by Gasteiger charge is 2.39. The molecule has 1 heterocycles. The normalized spacial score (nSPS) is 27.0. The fourth-order valence-electron chi connectivity index (χ4n) is 2.01. The third-order valence-corrected chi connectivity index (χ3v) is 3.01. The first-order chi connectivity index (χ1) is 8.26. The highest BCUT2D eigenvalue weighted by Crippen LogP contribution is 2.27. The number of pyridine rings is 1. The number of nitrogens with zero attached hydrogens (tertiary/aromatic N) is 2. The Hall–Kier alpha value is -1.64. The molecule has 1 aromatic heterocycles. The lowest BCUT2D eigenvalue weighted by molar-refractivity contribution is -0.0126. The number of hydrogen-bond donors (Lipinski definition) is 2. The van der Waals surface area contributed by atoms with Gasteiger partial charge in [0.2, 0.25) is 0 Å². The van der Waals surface area contributed by atoms with E-state index in [2.05, 4.69) is 16.4 Å². The van der Waals surface area contributed by atoms with Crippen molar-refractivity contribution in [3.8, 4) is 6.07 Å². The van der Waals surface area contributed by atoms with Gasteiger partial charge in [-0.3, -0.25) is 4.98 Å². The van der Waals surface area contributed by atoms with E-state index in [0.717, 1.165) is 12.1 Å². The van der Waals surface area contributed by atoms with Crippen LogP contribution in [0.15, 0.2) is 18.5 Å². The van der Waals surface area contributed by atoms with Crippen LogP contribution >= 0.6 is 0 Å². The molecule has 1 saturated carbocycles. The molecular formula is C12H16N4O. The average Bonchev–Trinajstić information content (AvgIpc) is 2.36. The highest BCUT2D eigenvalue weighted by atomic mass is 16.5. The summed E-state index contributed by atoms with van der Waals surface area (Å²) < 4.78 is 5.56. The molecule has 0 radical (unpaired) electrons. The number of nitrogens with one attached hydrogen (secondary N) is 1. The van der Waals surface area contributed by atoms with Crippen molar-refractivity contribution in [3.63, 3.8) is 0 Å². The van der Waals surface area contributed by atoms with Gasteiger partial charge in [0.1, 0.15) is 6.07 Å². The number of anilines is 1. The maximum Gasteiger partial charge on any atom is 0.101 e. The van der Waals surface area contributed by atoms with Crippen LogP contribution in [0.5, 0.6) is 0 Å². The van der Waals surface area contributed by atoms with Crippen LogP contribution in [0.3, 0.4) is 0 Å². The molecule has 0 bridgehead atoms. The zero-order valence-electron chi connectivity index (χ0n) is 9.76. The quantitative estimate of drug-likeness (QED) is 0.804. The Morgan fingerprint density at radius 2 is 2.53 bits per heavy atom. The number of rotatable bonds is 4. The largest absolute Gasteiger partial charge is 0.376 e. The van der Waals surface area contributed by atoms with E-state index < -0.39 is 0 Å². The summed E-state index contributed by atoms with van der Waals surface area (Å²) in [6.45, 7) is 2.64. The van der Waals surface area contributed by atoms with Crippen LogP contribution in [-0.4, -0.2) is 29.8 Å². The van der Waals surface area contributed by atoms with E-state index >= 15 is 0 Å². The predicted molar refractivity (Wildman–Crippen MR) is 64.4 cm³/mol. The van der Waals surface area contributed by atoms with Gasteiger partial charge in [0.15, 0.2) is 0 Å². The number of hydrogen-bond acceptors (Lipinski definition) is 5. The molecule has 0 spiro atoms. The lowest BCUT2D eigenvalue weighted by Gasteiger charge is -2.43. The zero-order valence-corrected chi connectivity index (χ0v) is 9.76. The Morgan fingerprint density at radius 3 is 3.18 bits per heavy atom. The van der Waals surface area contributed by atoms with Crippen molar-refractivity contribution in [2.24, 2.45) is 5.73 Å². The molecule has 5 nitrogen and oxygen atoms in total. The van der Waals surface area contributed by atoms with E-state index in [9.17, 15) is 0 Å². The van der Waals surface area contributed by atoms with E-state index in [1.54, 1.807) is 18.5 Å². The van der Waals surface area contributed by atoms with Crippen molar-refractivity contribution in [1.82, 2.24) is 4.98 Å². The van der Waals surface area contributed by atoms with Crippen molar-refractivity contribution in [3.05, 3.63) is 24.0 Å². The molecule has 0 amide bonds. The lowest BCUT2D eigenvalue weighted by atomic mass is 9.83. The first kappa shape index (κ1) is 11.8. The Bertz CT molecular complexity index is 427. The van der Waals surface area contributed by atoms with E-state index in [1.165, 1.54) is 0 Å². The summed E-state index contributed by atoms with van der Waals surface area (Å²) in [5, 5.41) is 12.2. The summed E-state index contributed by atoms with van der Waals surface area (Å²) in [5.74, 6) is 0. The van der Waals surface area contributed by atoms with Gasteiger partial charge in [0, 0.05) is 18.8 Å². The minimum absolute atomic E-state index is 0.0613. The summed E-state index contributed by atoms with van der Waals surface area (Å²) in [6, 6.07) is 3.94. The van der Waals surface area contributed by atoms with Gasteiger partial charge >= 0.3 is 0 Å². The van der Waals surface area contributed by atoms with E-state index in [1.807, 2.05) is 6.92 Å². The Kier molecular flexibility index (Phi) is 3.57. The van der Waals surface area contributed by atoms with Crippen LogP contribution in [0.4, 0.5) is 5.69 Å².